The van der Waals surface area contributed by atoms with Gasteiger partial charge in [0.15, 0.2) is 0 Å². The van der Waals surface area contributed by atoms with Gasteiger partial charge in [0.25, 0.3) is 0 Å². The molecule has 0 spiro atoms. The second-order valence-corrected chi connectivity index (χ2v) is 4.65. The summed E-state index contributed by atoms with van der Waals surface area (Å²) < 4.78 is 5.10. The Bertz CT molecular complexity index is 587. The van der Waals surface area contributed by atoms with Crippen LogP contribution in [0, 0.1) is 0 Å². The van der Waals surface area contributed by atoms with Gasteiger partial charge in [-0.1, -0.05) is 26.2 Å². The van der Waals surface area contributed by atoms with E-state index in [1.54, 1.807) is 12.1 Å². The van der Waals surface area contributed by atoms with E-state index in [2.05, 4.69) is 6.92 Å². The van der Waals surface area contributed by atoms with Gasteiger partial charge in [-0.2, -0.15) is 0 Å². The molecule has 0 aliphatic heterocycles. The van der Waals surface area contributed by atoms with E-state index < -0.39 is 0 Å². The summed E-state index contributed by atoms with van der Waals surface area (Å²) in [4.78, 5) is 11.1. The zero-order chi connectivity index (χ0) is 13.0. The lowest BCUT2D eigenvalue weighted by Crippen LogP contribution is -1.98. The van der Waals surface area contributed by atoms with Gasteiger partial charge in [0.2, 0.25) is 0 Å². The zero-order valence-electron chi connectivity index (χ0n) is 10.7. The number of fused-ring (bicyclic) bond motifs is 1. The third-order valence-electron chi connectivity index (χ3n) is 3.18. The lowest BCUT2D eigenvalue weighted by Gasteiger charge is -2.07. The summed E-state index contributed by atoms with van der Waals surface area (Å²) >= 11 is 0. The predicted octanol–water partition coefficient (Wildman–Crippen LogP) is 3.50. The van der Waals surface area contributed by atoms with Crippen LogP contribution < -0.4 is 11.4 Å². The zero-order valence-corrected chi connectivity index (χ0v) is 10.7. The van der Waals surface area contributed by atoms with Crippen molar-refractivity contribution in [3.8, 4) is 0 Å². The normalized spacial score (nSPS) is 10.9. The number of hydrogen-bond donors (Lipinski definition) is 1. The maximum Gasteiger partial charge on any atom is 0.336 e. The lowest BCUT2D eigenvalue weighted by atomic mass is 10.0. The number of hydrogen-bond acceptors (Lipinski definition) is 3. The molecular formula is C15H19NO2. The molecule has 0 saturated heterocycles. The van der Waals surface area contributed by atoms with Crippen molar-refractivity contribution in [1.82, 2.24) is 0 Å². The molecule has 0 aliphatic carbocycles. The Labute approximate surface area is 107 Å². The molecule has 18 heavy (non-hydrogen) atoms. The molecule has 3 heteroatoms. The van der Waals surface area contributed by atoms with Crippen LogP contribution in [-0.4, -0.2) is 0 Å². The molecule has 0 bridgehead atoms. The van der Waals surface area contributed by atoms with Crippen molar-refractivity contribution >= 4 is 16.7 Å². The van der Waals surface area contributed by atoms with E-state index in [9.17, 15) is 4.79 Å². The quantitative estimate of drug-likeness (QED) is 0.498. The Hall–Kier alpha value is -1.77. The van der Waals surface area contributed by atoms with Crippen LogP contribution in [0.15, 0.2) is 33.5 Å². The number of unbranched alkanes of at least 4 members (excludes halogenated alkanes) is 3. The van der Waals surface area contributed by atoms with Crippen molar-refractivity contribution in [1.29, 1.82) is 0 Å². The molecule has 0 saturated carbocycles. The largest absolute Gasteiger partial charge is 0.423 e. The molecule has 0 radical (unpaired) electrons. The molecule has 2 N–H and O–H groups in total. The topological polar surface area (TPSA) is 56.2 Å². The van der Waals surface area contributed by atoms with E-state index in [-0.39, 0.29) is 5.63 Å². The van der Waals surface area contributed by atoms with Crippen molar-refractivity contribution < 1.29 is 4.42 Å². The SMILES string of the molecule is CCCCCCc1cc2ccc(=O)oc2cc1N. The minimum Gasteiger partial charge on any atom is -0.423 e. The van der Waals surface area contributed by atoms with Crippen molar-refractivity contribution in [2.75, 3.05) is 5.73 Å². The van der Waals surface area contributed by atoms with Gasteiger partial charge >= 0.3 is 5.63 Å². The average Bonchev–Trinajstić information content (AvgIpc) is 2.35. The van der Waals surface area contributed by atoms with Gasteiger partial charge in [-0.05, 0) is 30.5 Å². The molecule has 1 heterocycles. The molecular weight excluding hydrogens is 226 g/mol. The van der Waals surface area contributed by atoms with E-state index in [1.165, 1.54) is 25.3 Å². The van der Waals surface area contributed by atoms with Crippen LogP contribution in [0.4, 0.5) is 5.69 Å². The molecule has 0 aliphatic rings. The summed E-state index contributed by atoms with van der Waals surface area (Å²) in [6, 6.07) is 7.01. The first kappa shape index (κ1) is 12.7. The third-order valence-corrected chi connectivity index (χ3v) is 3.18. The summed E-state index contributed by atoms with van der Waals surface area (Å²) in [6.07, 6.45) is 5.87. The minimum absolute atomic E-state index is 0.336. The molecule has 1 aromatic heterocycles. The highest BCUT2D eigenvalue weighted by molar-refractivity contribution is 5.81. The van der Waals surface area contributed by atoms with Crippen molar-refractivity contribution in [2.24, 2.45) is 0 Å². The van der Waals surface area contributed by atoms with Crippen molar-refractivity contribution in [2.45, 2.75) is 39.0 Å². The summed E-state index contributed by atoms with van der Waals surface area (Å²) in [5.41, 5.74) is 8.08. The van der Waals surface area contributed by atoms with Crippen LogP contribution in [-0.2, 0) is 6.42 Å². The third kappa shape index (κ3) is 2.92. The van der Waals surface area contributed by atoms with Crippen LogP contribution in [0.2, 0.25) is 0 Å². The van der Waals surface area contributed by atoms with E-state index in [0.29, 0.717) is 11.3 Å². The van der Waals surface area contributed by atoms with Gasteiger partial charge in [0, 0.05) is 23.2 Å². The number of aryl methyl sites for hydroxylation is 1. The molecule has 3 nitrogen and oxygen atoms in total. The number of benzene rings is 1. The van der Waals surface area contributed by atoms with E-state index in [0.717, 1.165) is 23.8 Å². The molecule has 96 valence electrons. The highest BCUT2D eigenvalue weighted by Crippen LogP contribution is 2.22. The van der Waals surface area contributed by atoms with Gasteiger partial charge in [-0.15, -0.1) is 0 Å². The Morgan fingerprint density at radius 1 is 1.17 bits per heavy atom. The second kappa shape index (κ2) is 5.71. The fourth-order valence-corrected chi connectivity index (χ4v) is 2.14. The van der Waals surface area contributed by atoms with Crippen LogP contribution in [0.5, 0.6) is 0 Å². The fraction of sp³-hybridized carbons (Fsp3) is 0.400. The molecule has 0 fully saturated rings. The standard InChI is InChI=1S/C15H19NO2/c1-2-3-4-5-6-11-9-12-7-8-15(17)18-14(12)10-13(11)16/h7-10H,2-6,16H2,1H3. The maximum absolute atomic E-state index is 11.1. The molecule has 0 unspecified atom stereocenters. The monoisotopic (exact) mass is 245 g/mol. The smallest absolute Gasteiger partial charge is 0.336 e. The summed E-state index contributed by atoms with van der Waals surface area (Å²) in [5, 5.41) is 0.939. The first-order valence-corrected chi connectivity index (χ1v) is 6.53. The minimum atomic E-state index is -0.336. The van der Waals surface area contributed by atoms with Gasteiger partial charge in [-0.3, -0.25) is 0 Å². The number of anilines is 1. The number of nitrogen functional groups attached to an aromatic ring is 1. The van der Waals surface area contributed by atoms with E-state index in [1.807, 2.05) is 6.07 Å². The molecule has 2 rings (SSSR count). The first-order valence-electron chi connectivity index (χ1n) is 6.53. The van der Waals surface area contributed by atoms with Crippen LogP contribution in [0.1, 0.15) is 38.2 Å². The van der Waals surface area contributed by atoms with Crippen LogP contribution in [0.3, 0.4) is 0 Å². The highest BCUT2D eigenvalue weighted by atomic mass is 16.4. The van der Waals surface area contributed by atoms with Crippen molar-refractivity contribution in [3.63, 3.8) is 0 Å². The Balaban J connectivity index is 2.21. The second-order valence-electron chi connectivity index (χ2n) is 4.65. The van der Waals surface area contributed by atoms with Crippen LogP contribution in [0.25, 0.3) is 11.0 Å². The Morgan fingerprint density at radius 3 is 2.78 bits per heavy atom. The predicted molar refractivity (Wildman–Crippen MR) is 74.7 cm³/mol. The highest BCUT2D eigenvalue weighted by Gasteiger charge is 2.04. The fourth-order valence-electron chi connectivity index (χ4n) is 2.14. The molecule has 0 atom stereocenters. The van der Waals surface area contributed by atoms with Crippen LogP contribution >= 0.6 is 0 Å². The summed E-state index contributed by atoms with van der Waals surface area (Å²) in [7, 11) is 0. The number of rotatable bonds is 5. The molecule has 2 aromatic rings. The van der Waals surface area contributed by atoms with E-state index in [4.69, 9.17) is 10.2 Å². The molecule has 0 amide bonds. The van der Waals surface area contributed by atoms with Gasteiger partial charge < -0.3 is 10.2 Å². The van der Waals surface area contributed by atoms with E-state index >= 15 is 0 Å². The Morgan fingerprint density at radius 2 is 2.00 bits per heavy atom. The number of nitrogens with two attached hydrogens (primary N) is 1. The summed E-state index contributed by atoms with van der Waals surface area (Å²) in [5.74, 6) is 0. The van der Waals surface area contributed by atoms with Gasteiger partial charge in [-0.25, -0.2) is 4.79 Å². The van der Waals surface area contributed by atoms with Gasteiger partial charge in [0.1, 0.15) is 5.58 Å². The molecule has 1 aromatic carbocycles. The summed E-state index contributed by atoms with van der Waals surface area (Å²) in [6.45, 7) is 2.20. The maximum atomic E-state index is 11.1. The average molecular weight is 245 g/mol. The Kier molecular flexibility index (Phi) is 4.03. The first-order chi connectivity index (χ1) is 8.70. The van der Waals surface area contributed by atoms with Crippen molar-refractivity contribution in [3.05, 3.63) is 40.2 Å². The van der Waals surface area contributed by atoms with Gasteiger partial charge in [0.05, 0.1) is 0 Å². The lowest BCUT2D eigenvalue weighted by molar-refractivity contribution is 0.561.